The van der Waals surface area contributed by atoms with Gasteiger partial charge in [-0.1, -0.05) is 13.8 Å². The SMILES string of the molecule is CCCOc1ccc(C(=O)NCC(N)C2CC2)cc1OCCC.Cl. The lowest BCUT2D eigenvalue weighted by atomic mass is 10.1. The van der Waals surface area contributed by atoms with Gasteiger partial charge in [-0.05, 0) is 49.8 Å². The third-order valence-corrected chi connectivity index (χ3v) is 3.86. The summed E-state index contributed by atoms with van der Waals surface area (Å²) in [6.07, 6.45) is 4.18. The predicted molar refractivity (Wildman–Crippen MR) is 98.3 cm³/mol. The Bertz CT molecular complexity index is 521. The molecule has 1 aromatic rings. The van der Waals surface area contributed by atoms with E-state index in [-0.39, 0.29) is 24.4 Å². The molecule has 0 radical (unpaired) electrons. The van der Waals surface area contributed by atoms with E-state index in [0.29, 0.717) is 42.7 Å². The van der Waals surface area contributed by atoms with Crippen LogP contribution in [0, 0.1) is 5.92 Å². The minimum atomic E-state index is -0.121. The van der Waals surface area contributed by atoms with Gasteiger partial charge >= 0.3 is 0 Å². The minimum absolute atomic E-state index is 0. The second kappa shape index (κ2) is 10.4. The number of nitrogens with one attached hydrogen (secondary N) is 1. The zero-order valence-electron chi connectivity index (χ0n) is 14.5. The molecule has 1 aliphatic rings. The van der Waals surface area contributed by atoms with E-state index in [4.69, 9.17) is 15.2 Å². The molecule has 1 aromatic carbocycles. The second-order valence-electron chi connectivity index (χ2n) is 6.07. The fraction of sp³-hybridized carbons (Fsp3) is 0.611. The molecule has 1 aliphatic carbocycles. The van der Waals surface area contributed by atoms with E-state index < -0.39 is 0 Å². The van der Waals surface area contributed by atoms with E-state index in [9.17, 15) is 4.79 Å². The van der Waals surface area contributed by atoms with Gasteiger partial charge in [0.05, 0.1) is 13.2 Å². The third kappa shape index (κ3) is 6.21. The molecule has 1 unspecified atom stereocenters. The van der Waals surface area contributed by atoms with Gasteiger partial charge in [0.1, 0.15) is 0 Å². The fourth-order valence-corrected chi connectivity index (χ4v) is 2.31. The number of ether oxygens (including phenoxy) is 2. The van der Waals surface area contributed by atoms with Crippen LogP contribution in [0.3, 0.4) is 0 Å². The maximum atomic E-state index is 12.3. The first kappa shape index (κ1) is 20.6. The van der Waals surface area contributed by atoms with Crippen LogP contribution in [-0.4, -0.2) is 31.7 Å². The number of hydrogen-bond donors (Lipinski definition) is 2. The highest BCUT2D eigenvalue weighted by molar-refractivity contribution is 5.94. The highest BCUT2D eigenvalue weighted by atomic mass is 35.5. The molecule has 2 rings (SSSR count). The molecule has 24 heavy (non-hydrogen) atoms. The van der Waals surface area contributed by atoms with Crippen LogP contribution in [0.4, 0.5) is 0 Å². The Kier molecular flexibility index (Phi) is 8.93. The van der Waals surface area contributed by atoms with Crippen LogP contribution in [0.15, 0.2) is 18.2 Å². The Hall–Kier alpha value is -1.46. The van der Waals surface area contributed by atoms with Crippen molar-refractivity contribution < 1.29 is 14.3 Å². The Morgan fingerprint density at radius 3 is 2.42 bits per heavy atom. The lowest BCUT2D eigenvalue weighted by Crippen LogP contribution is -2.38. The van der Waals surface area contributed by atoms with Crippen LogP contribution in [0.25, 0.3) is 0 Å². The molecular formula is C18H29ClN2O3. The monoisotopic (exact) mass is 356 g/mol. The average Bonchev–Trinajstić information content (AvgIpc) is 3.41. The molecule has 0 heterocycles. The van der Waals surface area contributed by atoms with Gasteiger partial charge in [0, 0.05) is 18.2 Å². The Balaban J connectivity index is 0.00000288. The number of hydrogen-bond acceptors (Lipinski definition) is 4. The van der Waals surface area contributed by atoms with Gasteiger partial charge in [-0.15, -0.1) is 12.4 Å². The minimum Gasteiger partial charge on any atom is -0.490 e. The van der Waals surface area contributed by atoms with E-state index in [2.05, 4.69) is 12.2 Å². The van der Waals surface area contributed by atoms with Crippen molar-refractivity contribution in [2.45, 2.75) is 45.6 Å². The topological polar surface area (TPSA) is 73.6 Å². The van der Waals surface area contributed by atoms with Crippen molar-refractivity contribution in [3.8, 4) is 11.5 Å². The molecule has 1 saturated carbocycles. The molecule has 136 valence electrons. The number of halogens is 1. The predicted octanol–water partition coefficient (Wildman–Crippen LogP) is 3.15. The summed E-state index contributed by atoms with van der Waals surface area (Å²) in [6.45, 7) is 5.84. The molecule has 0 saturated heterocycles. The summed E-state index contributed by atoms with van der Waals surface area (Å²) in [6, 6.07) is 5.37. The standard InChI is InChI=1S/C18H28N2O3.ClH/c1-3-9-22-16-8-7-14(11-17(16)23-10-4-2)18(21)20-12-15(19)13-5-6-13;/h7-8,11,13,15H,3-6,9-10,12,19H2,1-2H3,(H,20,21);1H. The van der Waals surface area contributed by atoms with Crippen LogP contribution in [0.2, 0.25) is 0 Å². The molecule has 0 spiro atoms. The van der Waals surface area contributed by atoms with Gasteiger partial charge in [0.15, 0.2) is 11.5 Å². The van der Waals surface area contributed by atoms with Gasteiger partial charge < -0.3 is 20.5 Å². The number of carbonyl (C=O) groups is 1. The van der Waals surface area contributed by atoms with E-state index in [0.717, 1.165) is 12.8 Å². The van der Waals surface area contributed by atoms with Crippen molar-refractivity contribution in [3.63, 3.8) is 0 Å². The Morgan fingerprint density at radius 2 is 1.83 bits per heavy atom. The van der Waals surface area contributed by atoms with Crippen molar-refractivity contribution in [1.29, 1.82) is 0 Å². The van der Waals surface area contributed by atoms with E-state index >= 15 is 0 Å². The fourth-order valence-electron chi connectivity index (χ4n) is 2.31. The quantitative estimate of drug-likeness (QED) is 0.675. The summed E-state index contributed by atoms with van der Waals surface area (Å²) in [7, 11) is 0. The van der Waals surface area contributed by atoms with Crippen LogP contribution in [0.1, 0.15) is 49.9 Å². The average molecular weight is 357 g/mol. The van der Waals surface area contributed by atoms with Gasteiger partial charge in [-0.25, -0.2) is 0 Å². The lowest BCUT2D eigenvalue weighted by Gasteiger charge is -2.15. The van der Waals surface area contributed by atoms with Gasteiger partial charge in [0.25, 0.3) is 5.91 Å². The largest absolute Gasteiger partial charge is 0.490 e. The number of carbonyl (C=O) groups excluding carboxylic acids is 1. The van der Waals surface area contributed by atoms with Crippen LogP contribution < -0.4 is 20.5 Å². The first-order chi connectivity index (χ1) is 11.2. The zero-order chi connectivity index (χ0) is 16.7. The van der Waals surface area contributed by atoms with Gasteiger partial charge in [-0.3, -0.25) is 4.79 Å². The van der Waals surface area contributed by atoms with Crippen molar-refractivity contribution in [3.05, 3.63) is 23.8 Å². The molecule has 6 heteroatoms. The Labute approximate surface area is 150 Å². The molecule has 0 aliphatic heterocycles. The smallest absolute Gasteiger partial charge is 0.251 e. The summed E-state index contributed by atoms with van der Waals surface area (Å²) in [4.78, 5) is 12.3. The summed E-state index contributed by atoms with van der Waals surface area (Å²) in [5.74, 6) is 1.76. The van der Waals surface area contributed by atoms with E-state index in [1.807, 2.05) is 6.92 Å². The molecule has 1 amide bonds. The molecular weight excluding hydrogens is 328 g/mol. The number of amides is 1. The summed E-state index contributed by atoms with van der Waals surface area (Å²) in [5, 5.41) is 2.91. The number of benzene rings is 1. The first-order valence-corrected chi connectivity index (χ1v) is 8.59. The first-order valence-electron chi connectivity index (χ1n) is 8.59. The van der Waals surface area contributed by atoms with Crippen LogP contribution >= 0.6 is 12.4 Å². The molecule has 3 N–H and O–H groups in total. The highest BCUT2D eigenvalue weighted by Crippen LogP contribution is 2.31. The highest BCUT2D eigenvalue weighted by Gasteiger charge is 2.28. The molecule has 0 aromatic heterocycles. The van der Waals surface area contributed by atoms with Crippen LogP contribution in [-0.2, 0) is 0 Å². The normalized spacial score (nSPS) is 14.5. The second-order valence-corrected chi connectivity index (χ2v) is 6.07. The van der Waals surface area contributed by atoms with Gasteiger partial charge in [-0.2, -0.15) is 0 Å². The zero-order valence-corrected chi connectivity index (χ0v) is 15.4. The molecule has 1 fully saturated rings. The molecule has 1 atom stereocenters. The van der Waals surface area contributed by atoms with E-state index in [1.165, 1.54) is 12.8 Å². The third-order valence-electron chi connectivity index (χ3n) is 3.86. The maximum absolute atomic E-state index is 12.3. The maximum Gasteiger partial charge on any atom is 0.251 e. The van der Waals surface area contributed by atoms with Crippen molar-refractivity contribution >= 4 is 18.3 Å². The van der Waals surface area contributed by atoms with Crippen molar-refractivity contribution in [2.24, 2.45) is 11.7 Å². The van der Waals surface area contributed by atoms with Crippen molar-refractivity contribution in [1.82, 2.24) is 5.32 Å². The van der Waals surface area contributed by atoms with Crippen LogP contribution in [0.5, 0.6) is 11.5 Å². The van der Waals surface area contributed by atoms with Crippen molar-refractivity contribution in [2.75, 3.05) is 19.8 Å². The van der Waals surface area contributed by atoms with Gasteiger partial charge in [0.2, 0.25) is 0 Å². The summed E-state index contributed by atoms with van der Waals surface area (Å²) < 4.78 is 11.4. The number of rotatable bonds is 10. The molecule has 0 bridgehead atoms. The lowest BCUT2D eigenvalue weighted by molar-refractivity contribution is 0.0949. The Morgan fingerprint density at radius 1 is 1.21 bits per heavy atom. The molecule has 5 nitrogen and oxygen atoms in total. The summed E-state index contributed by atoms with van der Waals surface area (Å²) in [5.41, 5.74) is 6.59. The number of nitrogens with two attached hydrogens (primary N) is 1. The van der Waals surface area contributed by atoms with E-state index in [1.54, 1.807) is 18.2 Å². The summed E-state index contributed by atoms with van der Waals surface area (Å²) >= 11 is 0.